The highest BCUT2D eigenvalue weighted by molar-refractivity contribution is 7.71. The third kappa shape index (κ3) is 2.40. The zero-order valence-electron chi connectivity index (χ0n) is 11.8. The van der Waals surface area contributed by atoms with Crippen molar-refractivity contribution in [3.63, 3.8) is 0 Å². The van der Waals surface area contributed by atoms with Crippen LogP contribution in [0.5, 0.6) is 5.88 Å². The number of aromatic nitrogens is 5. The number of hydrogen-bond acceptors (Lipinski definition) is 5. The Balaban J connectivity index is 2.13. The molecule has 108 valence electrons. The van der Waals surface area contributed by atoms with E-state index in [1.807, 2.05) is 10.6 Å². The summed E-state index contributed by atoms with van der Waals surface area (Å²) < 4.78 is 7.73. The second-order valence-electron chi connectivity index (χ2n) is 4.56. The Bertz CT molecular complexity index is 839. The highest BCUT2D eigenvalue weighted by Gasteiger charge is 2.13. The fraction of sp³-hybridized carbons (Fsp3) is 0.286. The maximum absolute atomic E-state index is 5.40. The van der Waals surface area contributed by atoms with Gasteiger partial charge in [0.2, 0.25) is 5.88 Å². The third-order valence-electron chi connectivity index (χ3n) is 3.39. The number of imidazole rings is 1. The number of nitrogens with one attached hydrogen (secondary N) is 1. The fourth-order valence-electron chi connectivity index (χ4n) is 2.33. The van der Waals surface area contributed by atoms with Crippen LogP contribution in [0.15, 0.2) is 24.7 Å². The van der Waals surface area contributed by atoms with Crippen molar-refractivity contribution in [2.45, 2.75) is 19.9 Å². The minimum absolute atomic E-state index is 0.488. The molecule has 0 unspecified atom stereocenters. The minimum Gasteiger partial charge on any atom is -0.479 e. The van der Waals surface area contributed by atoms with Gasteiger partial charge in [-0.3, -0.25) is 9.55 Å². The highest BCUT2D eigenvalue weighted by Crippen LogP contribution is 2.21. The van der Waals surface area contributed by atoms with E-state index in [0.717, 1.165) is 17.8 Å². The molecule has 3 heterocycles. The van der Waals surface area contributed by atoms with Crippen LogP contribution in [-0.4, -0.2) is 31.6 Å². The quantitative estimate of drug-likeness (QED) is 0.750. The average Bonchev–Trinajstić information content (AvgIpc) is 2.84. The molecule has 0 saturated heterocycles. The second-order valence-corrected chi connectivity index (χ2v) is 4.95. The van der Waals surface area contributed by atoms with E-state index in [9.17, 15) is 0 Å². The summed E-state index contributed by atoms with van der Waals surface area (Å²) in [6.45, 7) is 2.68. The van der Waals surface area contributed by atoms with Crippen LogP contribution in [0.1, 0.15) is 18.2 Å². The highest BCUT2D eigenvalue weighted by atomic mass is 32.1. The summed E-state index contributed by atoms with van der Waals surface area (Å²) >= 11 is 5.40. The Hall–Kier alpha value is -2.28. The van der Waals surface area contributed by atoms with Crippen molar-refractivity contribution in [2.24, 2.45) is 0 Å². The number of aromatic amines is 1. The number of rotatable bonds is 4. The Labute approximate surface area is 126 Å². The van der Waals surface area contributed by atoms with Crippen molar-refractivity contribution in [2.75, 3.05) is 7.11 Å². The molecule has 1 N–H and O–H groups in total. The first-order chi connectivity index (χ1) is 10.2. The first-order valence-electron chi connectivity index (χ1n) is 6.64. The SMILES string of the molecule is CCc1cccnc1Cn1c(=S)[nH]c2c(OC)ncnc21. The summed E-state index contributed by atoms with van der Waals surface area (Å²) in [7, 11) is 1.57. The first kappa shape index (κ1) is 13.7. The number of hydrogen-bond donors (Lipinski definition) is 1. The molecule has 0 aromatic carbocycles. The molecule has 3 rings (SSSR count). The molecule has 21 heavy (non-hydrogen) atoms. The van der Waals surface area contributed by atoms with Gasteiger partial charge >= 0.3 is 0 Å². The second kappa shape index (κ2) is 5.61. The lowest BCUT2D eigenvalue weighted by molar-refractivity contribution is 0.401. The lowest BCUT2D eigenvalue weighted by atomic mass is 10.1. The van der Waals surface area contributed by atoms with Gasteiger partial charge in [0.1, 0.15) is 11.8 Å². The van der Waals surface area contributed by atoms with Gasteiger partial charge in [0, 0.05) is 6.20 Å². The van der Waals surface area contributed by atoms with Gasteiger partial charge in [-0.2, -0.15) is 4.98 Å². The number of nitrogens with zero attached hydrogens (tertiary/aromatic N) is 4. The van der Waals surface area contributed by atoms with E-state index < -0.39 is 0 Å². The predicted octanol–water partition coefficient (Wildman–Crippen LogP) is 2.50. The van der Waals surface area contributed by atoms with Crippen molar-refractivity contribution in [3.05, 3.63) is 40.7 Å². The zero-order valence-corrected chi connectivity index (χ0v) is 12.6. The largest absolute Gasteiger partial charge is 0.479 e. The monoisotopic (exact) mass is 301 g/mol. The third-order valence-corrected chi connectivity index (χ3v) is 3.71. The van der Waals surface area contributed by atoms with Gasteiger partial charge in [-0.05, 0) is 30.3 Å². The Morgan fingerprint density at radius 1 is 1.33 bits per heavy atom. The molecule has 0 radical (unpaired) electrons. The molecule has 7 heteroatoms. The molecule has 0 atom stereocenters. The van der Waals surface area contributed by atoms with Gasteiger partial charge in [0.05, 0.1) is 19.3 Å². The maximum Gasteiger partial charge on any atom is 0.242 e. The number of pyridine rings is 1. The molecule has 3 aromatic heterocycles. The molecule has 0 bridgehead atoms. The van der Waals surface area contributed by atoms with Crippen LogP contribution < -0.4 is 4.74 Å². The molecule has 0 aliphatic carbocycles. The normalized spacial score (nSPS) is 11.0. The van der Waals surface area contributed by atoms with Crippen LogP contribution >= 0.6 is 12.2 Å². The summed E-state index contributed by atoms with van der Waals surface area (Å²) in [5.74, 6) is 0.488. The summed E-state index contributed by atoms with van der Waals surface area (Å²) in [6, 6.07) is 4.03. The van der Waals surface area contributed by atoms with Gasteiger partial charge < -0.3 is 9.72 Å². The van der Waals surface area contributed by atoms with Crippen molar-refractivity contribution in [3.8, 4) is 5.88 Å². The van der Waals surface area contributed by atoms with E-state index in [0.29, 0.717) is 22.7 Å². The van der Waals surface area contributed by atoms with Crippen LogP contribution in [0.3, 0.4) is 0 Å². The standard InChI is InChI=1S/C14H15N5OS/c1-3-9-5-4-6-15-10(9)7-19-12-11(18-14(19)21)13(20-2)17-8-16-12/h4-6,8H,3,7H2,1-2H3,(H,18,21). The average molecular weight is 301 g/mol. The van der Waals surface area contributed by atoms with Crippen LogP contribution in [0, 0.1) is 4.77 Å². The molecule has 0 aliphatic heterocycles. The summed E-state index contributed by atoms with van der Waals surface area (Å²) in [4.78, 5) is 16.0. The lowest BCUT2D eigenvalue weighted by Gasteiger charge is -2.08. The van der Waals surface area contributed by atoms with E-state index in [1.165, 1.54) is 11.9 Å². The van der Waals surface area contributed by atoms with Crippen LogP contribution in [0.4, 0.5) is 0 Å². The summed E-state index contributed by atoms with van der Waals surface area (Å²) in [5.41, 5.74) is 3.63. The lowest BCUT2D eigenvalue weighted by Crippen LogP contribution is -2.06. The smallest absolute Gasteiger partial charge is 0.242 e. The van der Waals surface area contributed by atoms with Crippen molar-refractivity contribution >= 4 is 23.4 Å². The Morgan fingerprint density at radius 2 is 2.19 bits per heavy atom. The fourth-order valence-corrected chi connectivity index (χ4v) is 2.59. The van der Waals surface area contributed by atoms with Gasteiger partial charge in [0.25, 0.3) is 0 Å². The van der Waals surface area contributed by atoms with Gasteiger partial charge in [-0.15, -0.1) is 0 Å². The number of fused-ring (bicyclic) bond motifs is 1. The number of H-pyrrole nitrogens is 1. The maximum atomic E-state index is 5.40. The Morgan fingerprint density at radius 3 is 2.95 bits per heavy atom. The van der Waals surface area contributed by atoms with E-state index in [4.69, 9.17) is 17.0 Å². The van der Waals surface area contributed by atoms with Crippen LogP contribution in [0.25, 0.3) is 11.2 Å². The topological polar surface area (TPSA) is 68.6 Å². The van der Waals surface area contributed by atoms with E-state index in [-0.39, 0.29) is 0 Å². The van der Waals surface area contributed by atoms with E-state index >= 15 is 0 Å². The molecular formula is C14H15N5OS. The minimum atomic E-state index is 0.488. The van der Waals surface area contributed by atoms with Crippen molar-refractivity contribution < 1.29 is 4.74 Å². The Kier molecular flexibility index (Phi) is 3.66. The predicted molar refractivity (Wildman–Crippen MR) is 82.0 cm³/mol. The van der Waals surface area contributed by atoms with Gasteiger partial charge in [-0.25, -0.2) is 4.98 Å². The summed E-state index contributed by atoms with van der Waals surface area (Å²) in [6.07, 6.45) is 4.19. The summed E-state index contributed by atoms with van der Waals surface area (Å²) in [5, 5.41) is 0. The molecule has 0 amide bonds. The van der Waals surface area contributed by atoms with Crippen molar-refractivity contribution in [1.29, 1.82) is 0 Å². The number of aryl methyl sites for hydroxylation is 1. The molecule has 3 aromatic rings. The van der Waals surface area contributed by atoms with Gasteiger partial charge in [0.15, 0.2) is 10.4 Å². The van der Waals surface area contributed by atoms with Crippen LogP contribution in [-0.2, 0) is 13.0 Å². The zero-order chi connectivity index (χ0) is 14.8. The van der Waals surface area contributed by atoms with Gasteiger partial charge in [-0.1, -0.05) is 13.0 Å². The van der Waals surface area contributed by atoms with E-state index in [1.54, 1.807) is 13.3 Å². The molecule has 0 fully saturated rings. The van der Waals surface area contributed by atoms with Crippen LogP contribution in [0.2, 0.25) is 0 Å². The molecule has 0 saturated carbocycles. The molecule has 0 spiro atoms. The number of methoxy groups -OCH3 is 1. The molecule has 0 aliphatic rings. The van der Waals surface area contributed by atoms with Crippen molar-refractivity contribution in [1.82, 2.24) is 24.5 Å². The molecular weight excluding hydrogens is 286 g/mol. The van der Waals surface area contributed by atoms with E-state index in [2.05, 4.69) is 32.9 Å². The molecule has 6 nitrogen and oxygen atoms in total. The number of ether oxygens (including phenoxy) is 1. The first-order valence-corrected chi connectivity index (χ1v) is 7.05.